The average Bonchev–Trinajstić information content (AvgIpc) is 1.61. The van der Waals surface area contributed by atoms with Crippen LogP contribution in [0.2, 0.25) is 0 Å². The van der Waals surface area contributed by atoms with Gasteiger partial charge in [-0.05, 0) is 55.7 Å². The first kappa shape index (κ1) is 67.4. The fourth-order valence-corrected chi connectivity index (χ4v) is 8.85. The molecule has 0 aliphatic carbocycles. The fraction of sp³-hybridized carbons (Fsp3) is 0.364. The van der Waals surface area contributed by atoms with Gasteiger partial charge in [0.2, 0.25) is 52.6 Å². The number of rotatable bonds is 33. The maximum absolute atomic E-state index is 12.4. The molecule has 0 spiro atoms. The Kier molecular flexibility index (Phi) is 22.8. The molecule has 30 nitrogen and oxygen atoms in total. The molecule has 6 aromatic heterocycles. The zero-order valence-electron chi connectivity index (χ0n) is 53.2. The Bertz CT molecular complexity index is 3880. The monoisotopic (exact) mass is 1310 g/mol. The number of hydrogen-bond donors (Lipinski definition) is 0. The highest BCUT2D eigenvalue weighted by molar-refractivity contribution is 5.78. The van der Waals surface area contributed by atoms with Gasteiger partial charge in [0.15, 0.2) is 0 Å². The minimum atomic E-state index is -0.522. The van der Waals surface area contributed by atoms with Crippen molar-refractivity contribution >= 4 is 35.8 Å². The van der Waals surface area contributed by atoms with Gasteiger partial charge >= 0.3 is 35.8 Å². The topological polar surface area (TPSA) is 391 Å². The highest BCUT2D eigenvalue weighted by Gasteiger charge is 2.24. The molecule has 6 heterocycles. The predicted molar refractivity (Wildman–Crippen MR) is 332 cm³/mol. The molecule has 4 aromatic carbocycles. The average molecular weight is 1320 g/mol. The molecule has 3 unspecified atom stereocenters. The Morgan fingerprint density at radius 1 is 0.323 bits per heavy atom. The van der Waals surface area contributed by atoms with Gasteiger partial charge in [0, 0.05) is 69.3 Å². The molecule has 0 saturated heterocycles. The van der Waals surface area contributed by atoms with Crippen LogP contribution in [0.5, 0.6) is 0 Å². The van der Waals surface area contributed by atoms with Crippen LogP contribution in [0.25, 0.3) is 103 Å². The molecule has 498 valence electrons. The quantitative estimate of drug-likeness (QED) is 0.0209. The molecule has 96 heavy (non-hydrogen) atoms. The molecule has 0 aliphatic rings. The second-order valence-electron chi connectivity index (χ2n) is 21.9. The van der Waals surface area contributed by atoms with Crippen LogP contribution in [0.4, 0.5) is 0 Å². The van der Waals surface area contributed by atoms with E-state index < -0.39 is 17.9 Å². The second kappa shape index (κ2) is 32.4. The Morgan fingerprint density at radius 3 is 0.812 bits per heavy atom. The Morgan fingerprint density at radius 2 is 0.552 bits per heavy atom. The first-order valence-electron chi connectivity index (χ1n) is 31.0. The van der Waals surface area contributed by atoms with E-state index in [4.69, 9.17) is 70.5 Å². The van der Waals surface area contributed by atoms with Gasteiger partial charge in [-0.15, -0.1) is 0 Å². The van der Waals surface area contributed by atoms with Crippen molar-refractivity contribution in [2.75, 3.05) is 39.6 Å². The molecule has 0 amide bonds. The van der Waals surface area contributed by atoms with Crippen LogP contribution < -0.4 is 0 Å². The van der Waals surface area contributed by atoms with Gasteiger partial charge in [0.1, 0.15) is 39.6 Å². The number of ether oxygens (including phenoxy) is 6. The minimum Gasteiger partial charge on any atom is -0.462 e. The van der Waals surface area contributed by atoms with Crippen molar-refractivity contribution in [1.29, 1.82) is 0 Å². The summed E-state index contributed by atoms with van der Waals surface area (Å²) in [6, 6.07) is 26.3. The maximum atomic E-state index is 12.4. The number of aryl methyl sites for hydroxylation is 3. The normalized spacial score (nSPS) is 12.2. The van der Waals surface area contributed by atoms with Gasteiger partial charge in [-0.3, -0.25) is 28.8 Å². The van der Waals surface area contributed by atoms with E-state index in [0.717, 1.165) is 0 Å². The van der Waals surface area contributed by atoms with Gasteiger partial charge in [0.05, 0.1) is 37.0 Å². The summed E-state index contributed by atoms with van der Waals surface area (Å²) in [4.78, 5) is 101. The van der Waals surface area contributed by atoms with Gasteiger partial charge in [-0.2, -0.15) is 29.9 Å². The van der Waals surface area contributed by atoms with Crippen molar-refractivity contribution < 1.29 is 84.3 Å². The molecule has 0 bridgehead atoms. The molecule has 10 aromatic rings. The molecule has 30 heteroatoms. The summed E-state index contributed by atoms with van der Waals surface area (Å²) in [7, 11) is 0. The van der Waals surface area contributed by atoms with Crippen LogP contribution >= 0.6 is 0 Å². The number of carbonyl (C=O) groups excluding carboxylic acids is 6. The molecule has 0 aliphatic heterocycles. The maximum Gasteiger partial charge on any atom is 0.308 e. The van der Waals surface area contributed by atoms with Gasteiger partial charge in [-0.25, -0.2) is 0 Å². The van der Waals surface area contributed by atoms with Crippen molar-refractivity contribution in [1.82, 2.24) is 60.8 Å². The van der Waals surface area contributed by atoms with Crippen LogP contribution in [0.3, 0.4) is 0 Å². The molecule has 0 fully saturated rings. The summed E-state index contributed by atoms with van der Waals surface area (Å²) in [5, 5.41) is 25.3. The predicted octanol–water partition coefficient (Wildman–Crippen LogP) is 10.2. The second-order valence-corrected chi connectivity index (χ2v) is 21.9. The van der Waals surface area contributed by atoms with Crippen molar-refractivity contribution in [3.05, 3.63) is 109 Å². The van der Waals surface area contributed by atoms with Crippen LogP contribution in [-0.4, -0.2) is 136 Å². The Balaban J connectivity index is 0.850. The number of hydrogen-bond acceptors (Lipinski definition) is 30. The van der Waals surface area contributed by atoms with Crippen molar-refractivity contribution in [2.45, 2.75) is 99.3 Å². The number of nitrogens with zero attached hydrogens (tertiary/aromatic N) is 12. The number of esters is 6. The number of carbonyl (C=O) groups is 6. The lowest BCUT2D eigenvalue weighted by Crippen LogP contribution is -2.18. The number of aromatic nitrogens is 12. The molecular formula is C66H66N12O18. The smallest absolute Gasteiger partial charge is 0.308 e. The van der Waals surface area contributed by atoms with Crippen LogP contribution in [0.15, 0.2) is 118 Å². The molecule has 3 atom stereocenters. The summed E-state index contributed by atoms with van der Waals surface area (Å²) in [6.07, 6.45) is 2.09. The van der Waals surface area contributed by atoms with Crippen molar-refractivity contribution in [3.8, 4) is 103 Å². The van der Waals surface area contributed by atoms with Gasteiger partial charge in [-0.1, -0.05) is 127 Å². The minimum absolute atomic E-state index is 0.0461. The summed E-state index contributed by atoms with van der Waals surface area (Å²) >= 11 is 0. The van der Waals surface area contributed by atoms with E-state index in [-0.39, 0.29) is 184 Å². The molecule has 0 saturated carbocycles. The Hall–Kier alpha value is -11.5. The van der Waals surface area contributed by atoms with Crippen LogP contribution in [-0.2, 0) is 76.5 Å². The Labute approximate surface area is 547 Å². The third kappa shape index (κ3) is 18.0. The largest absolute Gasteiger partial charge is 0.462 e. The third-order valence-corrected chi connectivity index (χ3v) is 14.9. The highest BCUT2D eigenvalue weighted by atomic mass is 16.6. The lowest BCUT2D eigenvalue weighted by molar-refractivity contribution is -0.154. The third-order valence-electron chi connectivity index (χ3n) is 14.9. The van der Waals surface area contributed by atoms with E-state index in [1.807, 2.05) is 20.8 Å². The number of benzene rings is 4. The van der Waals surface area contributed by atoms with Crippen molar-refractivity contribution in [2.24, 2.45) is 17.8 Å². The van der Waals surface area contributed by atoms with Crippen molar-refractivity contribution in [3.63, 3.8) is 0 Å². The lowest BCUT2D eigenvalue weighted by atomic mass is 10.0. The summed E-state index contributed by atoms with van der Waals surface area (Å²) in [5.74, 6) is -1.19. The summed E-state index contributed by atoms with van der Waals surface area (Å²) in [6.45, 7) is 10.6. The molecular weight excluding hydrogens is 1250 g/mol. The molecule has 10 rings (SSSR count). The zero-order valence-corrected chi connectivity index (χ0v) is 53.2. The SMILES string of the molecule is CCC(C)C(=O)OCCOC(=O)CCc1nc(-c2cccc(-c3noc(-c4cc(-c5nc(-c6cccc(-c7noc(CCC(=O)OCCOC(=O)C(C)CC)n7)c6)no5)cc(-c5nc(-c6cccc(-c7noc(CCC(=O)OCCOC(=O)C(C)CC)n7)c6)no5)c4)n3)c2)no1. The van der Waals surface area contributed by atoms with E-state index in [0.29, 0.717) is 69.3 Å². The highest BCUT2D eigenvalue weighted by Crippen LogP contribution is 2.35. The lowest BCUT2D eigenvalue weighted by Gasteiger charge is -2.09. The fourth-order valence-electron chi connectivity index (χ4n) is 8.85. The first-order chi connectivity index (χ1) is 46.6. The van der Waals surface area contributed by atoms with E-state index >= 15 is 0 Å². The van der Waals surface area contributed by atoms with Gasteiger partial charge in [0.25, 0.3) is 17.7 Å². The van der Waals surface area contributed by atoms with E-state index in [9.17, 15) is 28.8 Å². The molecule has 0 N–H and O–H groups in total. The van der Waals surface area contributed by atoms with Crippen LogP contribution in [0, 0.1) is 17.8 Å². The standard InChI is InChI=1S/C66H66N12O18/c1-7-37(4)64(82)88-28-25-85-52(79)22-19-49-67-55(73-91-49)40-13-10-16-43(31-40)58-70-61(94-76-58)46-34-47(62-71-59(77-95-62)44-17-11-14-41(32-44)56-68-50(92-74-56)20-23-53(80)86-26-29-89-65(83)38(5)8-2)36-48(35-46)63-72-60(78-96-63)45-18-12-15-42(33-45)57-69-51(93-75-57)21-24-54(81)87-27-30-90-66(84)39(6)9-3/h10-18,31-39H,7-9,19-30H2,1-6H3. The van der Waals surface area contributed by atoms with E-state index in [1.165, 1.54) is 0 Å². The summed E-state index contributed by atoms with van der Waals surface area (Å²) in [5.41, 5.74) is 4.45. The zero-order chi connectivity index (χ0) is 67.5. The first-order valence-corrected chi connectivity index (χ1v) is 31.0. The van der Waals surface area contributed by atoms with Gasteiger partial charge < -0.3 is 55.6 Å². The molecule has 0 radical (unpaired) electrons. The van der Waals surface area contributed by atoms with Crippen LogP contribution in [0.1, 0.15) is 97.7 Å². The summed E-state index contributed by atoms with van der Waals surface area (Å²) < 4.78 is 65.2. The van der Waals surface area contributed by atoms with E-state index in [2.05, 4.69) is 45.9 Å². The van der Waals surface area contributed by atoms with E-state index in [1.54, 1.807) is 112 Å².